The van der Waals surface area contributed by atoms with Crippen molar-refractivity contribution in [2.24, 2.45) is 0 Å². The van der Waals surface area contributed by atoms with E-state index < -0.39 is 7.12 Å². The minimum Gasteiger partial charge on any atom is -0.456 e. The highest BCUT2D eigenvalue weighted by Crippen LogP contribution is 2.37. The molecule has 124 valence electrons. The molecule has 5 rings (SSSR count). The molecule has 4 aromatic carbocycles. The molecule has 0 bridgehead atoms. The second-order valence-corrected chi connectivity index (χ2v) is 6.47. The number of rotatable bonds is 2. The molecule has 4 heteroatoms. The number of furan rings is 1. The van der Waals surface area contributed by atoms with Gasteiger partial charge in [0.25, 0.3) is 0 Å². The summed E-state index contributed by atoms with van der Waals surface area (Å²) in [6.45, 7) is 0. The standard InChI is InChI=1S/C22H15BO3/c24-23(25)17-11-10-14-8-9-15(12-16(14)13-17)18-5-3-7-21-22(18)19-4-1-2-6-20(19)26-21/h1-13,24-25H. The Morgan fingerprint density at radius 1 is 0.692 bits per heavy atom. The van der Waals surface area contributed by atoms with Gasteiger partial charge in [-0.3, -0.25) is 0 Å². The zero-order valence-corrected chi connectivity index (χ0v) is 13.9. The molecular formula is C22H15BO3. The first-order chi connectivity index (χ1) is 12.7. The SMILES string of the molecule is OB(O)c1ccc2ccc(-c3cccc4oc5ccccc5c34)cc2c1. The Hall–Kier alpha value is -3.08. The maximum Gasteiger partial charge on any atom is 0.488 e. The summed E-state index contributed by atoms with van der Waals surface area (Å²) in [5.74, 6) is 0. The summed E-state index contributed by atoms with van der Waals surface area (Å²) < 4.78 is 5.99. The van der Waals surface area contributed by atoms with Crippen LogP contribution in [0.5, 0.6) is 0 Å². The Morgan fingerprint density at radius 2 is 1.50 bits per heavy atom. The van der Waals surface area contributed by atoms with Crippen molar-refractivity contribution >= 4 is 45.3 Å². The first-order valence-corrected chi connectivity index (χ1v) is 8.51. The van der Waals surface area contributed by atoms with Crippen molar-refractivity contribution in [3.05, 3.63) is 78.9 Å². The van der Waals surface area contributed by atoms with Gasteiger partial charge in [0, 0.05) is 10.8 Å². The number of hydrogen-bond acceptors (Lipinski definition) is 3. The molecule has 1 aromatic heterocycles. The highest BCUT2D eigenvalue weighted by atomic mass is 16.4. The van der Waals surface area contributed by atoms with Crippen LogP contribution >= 0.6 is 0 Å². The largest absolute Gasteiger partial charge is 0.488 e. The van der Waals surface area contributed by atoms with Crippen LogP contribution in [-0.2, 0) is 0 Å². The molecule has 0 atom stereocenters. The molecule has 0 spiro atoms. The molecule has 1 heterocycles. The van der Waals surface area contributed by atoms with Gasteiger partial charge in [-0.15, -0.1) is 0 Å². The van der Waals surface area contributed by atoms with Crippen molar-refractivity contribution in [3.63, 3.8) is 0 Å². The lowest BCUT2D eigenvalue weighted by atomic mass is 9.79. The maximum atomic E-state index is 9.44. The fraction of sp³-hybridized carbons (Fsp3) is 0. The van der Waals surface area contributed by atoms with Gasteiger partial charge in [-0.1, -0.05) is 60.7 Å². The molecule has 0 aliphatic carbocycles. The third-order valence-electron chi connectivity index (χ3n) is 4.88. The number of fused-ring (bicyclic) bond motifs is 4. The van der Waals surface area contributed by atoms with Gasteiger partial charge >= 0.3 is 7.12 Å². The minimum absolute atomic E-state index is 0.488. The van der Waals surface area contributed by atoms with E-state index in [9.17, 15) is 10.0 Å². The first-order valence-electron chi connectivity index (χ1n) is 8.51. The fourth-order valence-electron chi connectivity index (χ4n) is 3.61. The lowest BCUT2D eigenvalue weighted by Crippen LogP contribution is -2.29. The average molecular weight is 338 g/mol. The molecule has 5 aromatic rings. The molecule has 26 heavy (non-hydrogen) atoms. The van der Waals surface area contributed by atoms with E-state index >= 15 is 0 Å². The smallest absolute Gasteiger partial charge is 0.456 e. The summed E-state index contributed by atoms with van der Waals surface area (Å²) in [5.41, 5.74) is 4.40. The molecule has 0 amide bonds. The van der Waals surface area contributed by atoms with E-state index in [4.69, 9.17) is 4.42 Å². The van der Waals surface area contributed by atoms with E-state index in [0.717, 1.165) is 43.8 Å². The van der Waals surface area contributed by atoms with Crippen molar-refractivity contribution in [1.29, 1.82) is 0 Å². The van der Waals surface area contributed by atoms with Gasteiger partial charge in [-0.05, 0) is 45.6 Å². The highest BCUT2D eigenvalue weighted by molar-refractivity contribution is 6.58. The predicted molar refractivity (Wildman–Crippen MR) is 106 cm³/mol. The third kappa shape index (κ3) is 2.31. The van der Waals surface area contributed by atoms with Crippen LogP contribution < -0.4 is 5.46 Å². The second-order valence-electron chi connectivity index (χ2n) is 6.47. The zero-order valence-electron chi connectivity index (χ0n) is 13.9. The quantitative estimate of drug-likeness (QED) is 0.477. The minimum atomic E-state index is -1.47. The van der Waals surface area contributed by atoms with Gasteiger partial charge in [-0.25, -0.2) is 0 Å². The highest BCUT2D eigenvalue weighted by Gasteiger charge is 2.14. The van der Waals surface area contributed by atoms with Crippen LogP contribution in [0.4, 0.5) is 0 Å². The van der Waals surface area contributed by atoms with E-state index in [0.29, 0.717) is 5.46 Å². The van der Waals surface area contributed by atoms with Gasteiger partial charge in [-0.2, -0.15) is 0 Å². The van der Waals surface area contributed by atoms with Gasteiger partial charge in [0.1, 0.15) is 11.2 Å². The fourth-order valence-corrected chi connectivity index (χ4v) is 3.61. The van der Waals surface area contributed by atoms with Crippen LogP contribution in [0.1, 0.15) is 0 Å². The molecular weight excluding hydrogens is 323 g/mol. The number of para-hydroxylation sites is 1. The van der Waals surface area contributed by atoms with Gasteiger partial charge in [0.15, 0.2) is 0 Å². The lowest BCUT2D eigenvalue weighted by molar-refractivity contribution is 0.426. The predicted octanol–water partition coefficient (Wildman–Crippen LogP) is 4.09. The van der Waals surface area contributed by atoms with E-state index in [-0.39, 0.29) is 0 Å². The Morgan fingerprint density at radius 3 is 2.38 bits per heavy atom. The van der Waals surface area contributed by atoms with E-state index in [1.807, 2.05) is 42.5 Å². The Bertz CT molecular complexity index is 1270. The molecule has 0 saturated carbocycles. The molecule has 0 aliphatic rings. The van der Waals surface area contributed by atoms with Crippen LogP contribution in [0.15, 0.2) is 83.3 Å². The summed E-state index contributed by atoms with van der Waals surface area (Å²) in [4.78, 5) is 0. The summed E-state index contributed by atoms with van der Waals surface area (Å²) in [7, 11) is -1.47. The maximum absolute atomic E-state index is 9.44. The van der Waals surface area contributed by atoms with Gasteiger partial charge in [0.2, 0.25) is 0 Å². The van der Waals surface area contributed by atoms with Crippen molar-refractivity contribution in [1.82, 2.24) is 0 Å². The van der Waals surface area contributed by atoms with Crippen molar-refractivity contribution in [2.45, 2.75) is 0 Å². The van der Waals surface area contributed by atoms with Crippen LogP contribution in [0.25, 0.3) is 43.8 Å². The molecule has 0 fully saturated rings. The van der Waals surface area contributed by atoms with Gasteiger partial charge in [0.05, 0.1) is 0 Å². The Kier molecular flexibility index (Phi) is 3.35. The van der Waals surface area contributed by atoms with Crippen molar-refractivity contribution < 1.29 is 14.5 Å². The first kappa shape index (κ1) is 15.2. The normalized spacial score (nSPS) is 11.5. The van der Waals surface area contributed by atoms with Crippen molar-refractivity contribution in [3.8, 4) is 11.1 Å². The zero-order chi connectivity index (χ0) is 17.7. The second kappa shape index (κ2) is 5.73. The average Bonchev–Trinajstić information content (AvgIpc) is 3.05. The van der Waals surface area contributed by atoms with Gasteiger partial charge < -0.3 is 14.5 Å². The van der Waals surface area contributed by atoms with E-state index in [2.05, 4.69) is 30.3 Å². The van der Waals surface area contributed by atoms with Crippen LogP contribution in [0, 0.1) is 0 Å². The third-order valence-corrected chi connectivity index (χ3v) is 4.88. The molecule has 0 radical (unpaired) electrons. The summed E-state index contributed by atoms with van der Waals surface area (Å²) >= 11 is 0. The van der Waals surface area contributed by atoms with Crippen LogP contribution in [-0.4, -0.2) is 17.2 Å². The van der Waals surface area contributed by atoms with E-state index in [1.54, 1.807) is 6.07 Å². The van der Waals surface area contributed by atoms with E-state index in [1.165, 1.54) is 0 Å². The molecule has 0 unspecified atom stereocenters. The summed E-state index contributed by atoms with van der Waals surface area (Å²) in [6.07, 6.45) is 0. The molecule has 0 aliphatic heterocycles. The topological polar surface area (TPSA) is 53.6 Å². The summed E-state index contributed by atoms with van der Waals surface area (Å²) in [5, 5.41) is 23.1. The Balaban J connectivity index is 1.79. The van der Waals surface area contributed by atoms with Crippen LogP contribution in [0.3, 0.4) is 0 Å². The van der Waals surface area contributed by atoms with Crippen LogP contribution in [0.2, 0.25) is 0 Å². The lowest BCUT2D eigenvalue weighted by Gasteiger charge is -2.07. The molecule has 3 nitrogen and oxygen atoms in total. The molecule has 2 N–H and O–H groups in total. The summed E-state index contributed by atoms with van der Waals surface area (Å²) in [6, 6.07) is 25.8. The molecule has 0 saturated heterocycles. The number of benzene rings is 4. The Labute approximate surface area is 150 Å². The number of hydrogen-bond donors (Lipinski definition) is 2. The van der Waals surface area contributed by atoms with Crippen molar-refractivity contribution in [2.75, 3.05) is 0 Å². The monoisotopic (exact) mass is 338 g/mol.